The van der Waals surface area contributed by atoms with Crippen molar-refractivity contribution in [1.82, 2.24) is 9.97 Å². The number of halogens is 3. The van der Waals surface area contributed by atoms with E-state index in [1.54, 1.807) is 24.5 Å². The van der Waals surface area contributed by atoms with Gasteiger partial charge in [-0.3, -0.25) is 0 Å². The van der Waals surface area contributed by atoms with E-state index < -0.39 is 17.5 Å². The number of hydrogen-bond donors (Lipinski definition) is 0. The van der Waals surface area contributed by atoms with Crippen LogP contribution < -0.4 is 4.74 Å². The lowest BCUT2D eigenvalue weighted by atomic mass is 10.0. The van der Waals surface area contributed by atoms with Crippen LogP contribution >= 0.6 is 0 Å². The smallest absolute Gasteiger partial charge is 0.195 e. The number of rotatable bonds is 5. The summed E-state index contributed by atoms with van der Waals surface area (Å²) in [5.74, 6) is 3.55. The maximum absolute atomic E-state index is 13.8. The highest BCUT2D eigenvalue weighted by Crippen LogP contribution is 2.24. The molecule has 160 valence electrons. The third-order valence-electron chi connectivity index (χ3n) is 4.91. The Morgan fingerprint density at radius 1 is 0.812 bits per heavy atom. The number of fused-ring (bicyclic) bond motifs is 1. The molecule has 6 heteroatoms. The topological polar surface area (TPSA) is 35.0 Å². The van der Waals surface area contributed by atoms with Gasteiger partial charge in [0, 0.05) is 22.9 Å². The summed E-state index contributed by atoms with van der Waals surface area (Å²) in [5.41, 5.74) is 2.52. The van der Waals surface area contributed by atoms with E-state index in [-0.39, 0.29) is 10.8 Å². The van der Waals surface area contributed by atoms with Gasteiger partial charge >= 0.3 is 0 Å². The lowest BCUT2D eigenvalue weighted by molar-refractivity contribution is 0.337. The number of aryl methyl sites for hydroxylation is 2. The number of ether oxygens (including phenoxy) is 1. The van der Waals surface area contributed by atoms with E-state index in [1.165, 1.54) is 6.07 Å². The average Bonchev–Trinajstić information content (AvgIpc) is 2.81. The molecule has 0 aliphatic carbocycles. The van der Waals surface area contributed by atoms with Crippen LogP contribution in [0.5, 0.6) is 5.75 Å². The Labute approximate surface area is 183 Å². The quantitative estimate of drug-likeness (QED) is 0.303. The maximum atomic E-state index is 13.8. The first-order valence-electron chi connectivity index (χ1n) is 10.2. The van der Waals surface area contributed by atoms with Crippen molar-refractivity contribution < 1.29 is 17.9 Å². The van der Waals surface area contributed by atoms with Crippen LogP contribution in [0.2, 0.25) is 0 Å². The van der Waals surface area contributed by atoms with Gasteiger partial charge in [-0.1, -0.05) is 30.0 Å². The van der Waals surface area contributed by atoms with Crippen LogP contribution in [-0.2, 0) is 12.8 Å². The van der Waals surface area contributed by atoms with Gasteiger partial charge in [0.2, 0.25) is 0 Å². The Hall–Kier alpha value is -3.85. The van der Waals surface area contributed by atoms with E-state index >= 15 is 0 Å². The first kappa shape index (κ1) is 21.4. The summed E-state index contributed by atoms with van der Waals surface area (Å²) in [4.78, 5) is 8.61. The van der Waals surface area contributed by atoms with Crippen molar-refractivity contribution in [2.75, 3.05) is 6.61 Å². The lowest BCUT2D eigenvalue weighted by Gasteiger charge is -2.04. The molecule has 0 spiro atoms. The van der Waals surface area contributed by atoms with E-state index in [1.807, 2.05) is 31.2 Å². The molecule has 4 aromatic rings. The number of hydrogen-bond acceptors (Lipinski definition) is 3. The predicted octanol–water partition coefficient (Wildman–Crippen LogP) is 5.63. The SMILES string of the molecule is CCOc1cnc(CCc2ccc(C#Cc3ccc4c(F)c(F)c(F)cc4c3)cc2)nc1. The fourth-order valence-corrected chi connectivity index (χ4v) is 3.25. The average molecular weight is 432 g/mol. The molecule has 0 saturated carbocycles. The van der Waals surface area contributed by atoms with Crippen molar-refractivity contribution in [3.05, 3.63) is 101 Å². The van der Waals surface area contributed by atoms with E-state index in [4.69, 9.17) is 4.74 Å². The molecule has 0 N–H and O–H groups in total. The summed E-state index contributed by atoms with van der Waals surface area (Å²) in [6.45, 7) is 2.49. The Bertz CT molecular complexity index is 1310. The van der Waals surface area contributed by atoms with Crippen molar-refractivity contribution in [2.24, 2.45) is 0 Å². The molecule has 0 atom stereocenters. The fraction of sp³-hybridized carbons (Fsp3) is 0.154. The van der Waals surface area contributed by atoms with Crippen LogP contribution in [-0.4, -0.2) is 16.6 Å². The van der Waals surface area contributed by atoms with Crippen LogP contribution in [0.4, 0.5) is 13.2 Å². The van der Waals surface area contributed by atoms with E-state index in [0.717, 1.165) is 29.4 Å². The van der Waals surface area contributed by atoms with Gasteiger partial charge in [0.1, 0.15) is 5.82 Å². The molecule has 1 aromatic heterocycles. The number of benzene rings is 3. The third-order valence-corrected chi connectivity index (χ3v) is 4.91. The third kappa shape index (κ3) is 4.89. The van der Waals surface area contributed by atoms with Crippen molar-refractivity contribution in [3.8, 4) is 17.6 Å². The Morgan fingerprint density at radius 3 is 2.22 bits per heavy atom. The van der Waals surface area contributed by atoms with Crippen LogP contribution in [0.1, 0.15) is 29.4 Å². The molecule has 0 bridgehead atoms. The molecular weight excluding hydrogens is 413 g/mol. The zero-order valence-corrected chi connectivity index (χ0v) is 17.3. The summed E-state index contributed by atoms with van der Waals surface area (Å²) < 4.78 is 46.0. The molecule has 4 rings (SSSR count). The van der Waals surface area contributed by atoms with Crippen LogP contribution in [0.3, 0.4) is 0 Å². The summed E-state index contributed by atoms with van der Waals surface area (Å²) >= 11 is 0. The molecule has 0 unspecified atom stereocenters. The largest absolute Gasteiger partial charge is 0.491 e. The standard InChI is InChI=1S/C26H19F3N2O/c1-2-32-21-15-30-24(31-16-21)12-10-18-5-3-17(4-6-18)7-8-19-9-11-22-20(13-19)14-23(27)26(29)25(22)28/h3-6,9,11,13-16H,2,10,12H2,1H3. The van der Waals surface area contributed by atoms with Crippen LogP contribution in [0.15, 0.2) is 60.9 Å². The Morgan fingerprint density at radius 2 is 1.50 bits per heavy atom. The lowest BCUT2D eigenvalue weighted by Crippen LogP contribution is -1.99. The van der Waals surface area contributed by atoms with E-state index in [0.29, 0.717) is 24.3 Å². The highest BCUT2D eigenvalue weighted by molar-refractivity contribution is 5.84. The second-order valence-electron chi connectivity index (χ2n) is 7.14. The highest BCUT2D eigenvalue weighted by Gasteiger charge is 2.13. The Kier molecular flexibility index (Phi) is 6.37. The van der Waals surface area contributed by atoms with Crippen LogP contribution in [0.25, 0.3) is 10.8 Å². The summed E-state index contributed by atoms with van der Waals surface area (Å²) in [5, 5.41) is 0.287. The number of nitrogens with zero attached hydrogens (tertiary/aromatic N) is 2. The molecule has 0 aliphatic heterocycles. The van der Waals surface area contributed by atoms with E-state index in [9.17, 15) is 13.2 Å². The molecule has 0 fully saturated rings. The second-order valence-corrected chi connectivity index (χ2v) is 7.14. The van der Waals surface area contributed by atoms with Gasteiger partial charge in [0.15, 0.2) is 23.2 Å². The first-order chi connectivity index (χ1) is 15.5. The van der Waals surface area contributed by atoms with Gasteiger partial charge in [-0.05, 0) is 54.6 Å². The second kappa shape index (κ2) is 9.52. The molecule has 0 radical (unpaired) electrons. The van der Waals surface area contributed by atoms with Crippen molar-refractivity contribution in [3.63, 3.8) is 0 Å². The van der Waals surface area contributed by atoms with Gasteiger partial charge in [-0.25, -0.2) is 23.1 Å². The van der Waals surface area contributed by atoms with Gasteiger partial charge in [0.25, 0.3) is 0 Å². The summed E-state index contributed by atoms with van der Waals surface area (Å²) in [6.07, 6.45) is 4.86. The highest BCUT2D eigenvalue weighted by atomic mass is 19.2. The zero-order valence-electron chi connectivity index (χ0n) is 17.3. The van der Waals surface area contributed by atoms with Crippen molar-refractivity contribution >= 4 is 10.8 Å². The minimum absolute atomic E-state index is 0.0234. The maximum Gasteiger partial charge on any atom is 0.195 e. The first-order valence-corrected chi connectivity index (χ1v) is 10.2. The molecule has 0 saturated heterocycles. The molecule has 3 aromatic carbocycles. The van der Waals surface area contributed by atoms with Gasteiger partial charge in [0.05, 0.1) is 19.0 Å². The molecule has 0 amide bonds. The zero-order chi connectivity index (χ0) is 22.5. The van der Waals surface area contributed by atoms with E-state index in [2.05, 4.69) is 21.8 Å². The minimum atomic E-state index is -1.47. The van der Waals surface area contributed by atoms with Crippen molar-refractivity contribution in [2.45, 2.75) is 19.8 Å². The van der Waals surface area contributed by atoms with Gasteiger partial charge in [-0.15, -0.1) is 0 Å². The van der Waals surface area contributed by atoms with Gasteiger partial charge < -0.3 is 4.74 Å². The predicted molar refractivity (Wildman–Crippen MR) is 117 cm³/mol. The molecular formula is C26H19F3N2O. The Balaban J connectivity index is 1.42. The number of aromatic nitrogens is 2. The molecule has 3 nitrogen and oxygen atoms in total. The summed E-state index contributed by atoms with van der Waals surface area (Å²) in [7, 11) is 0. The minimum Gasteiger partial charge on any atom is -0.491 e. The van der Waals surface area contributed by atoms with Gasteiger partial charge in [-0.2, -0.15) is 0 Å². The molecule has 1 heterocycles. The normalized spacial score (nSPS) is 10.6. The molecule has 32 heavy (non-hydrogen) atoms. The fourth-order valence-electron chi connectivity index (χ4n) is 3.25. The monoisotopic (exact) mass is 432 g/mol. The van der Waals surface area contributed by atoms with Crippen LogP contribution in [0, 0.1) is 29.3 Å². The summed E-state index contributed by atoms with van der Waals surface area (Å²) in [6, 6.07) is 13.3. The molecule has 0 aliphatic rings. The van der Waals surface area contributed by atoms with Crippen molar-refractivity contribution in [1.29, 1.82) is 0 Å².